The average molecular weight is 249 g/mol. The molecule has 1 aliphatic rings. The highest BCUT2D eigenvalue weighted by molar-refractivity contribution is 4.92. The van der Waals surface area contributed by atoms with Crippen molar-refractivity contribution in [3.05, 3.63) is 33.1 Å². The lowest BCUT2D eigenvalue weighted by Gasteiger charge is -2.16. The van der Waals surface area contributed by atoms with E-state index in [0.29, 0.717) is 6.20 Å². The lowest BCUT2D eigenvalue weighted by molar-refractivity contribution is -0.0550. The minimum atomic E-state index is -3.67. The molecule has 0 aromatic carbocycles. The van der Waals surface area contributed by atoms with Crippen LogP contribution in [0, 0.1) is 0 Å². The normalized spacial score (nSPS) is 56.3. The summed E-state index contributed by atoms with van der Waals surface area (Å²) >= 11 is 0. The van der Waals surface area contributed by atoms with Crippen LogP contribution in [0.1, 0.15) is 13.1 Å². The lowest BCUT2D eigenvalue weighted by Crippen LogP contribution is -2.37. The topological polar surface area (TPSA) is 125 Å². The number of rotatable bonds is 2. The molecule has 0 bridgehead atoms. The van der Waals surface area contributed by atoms with Gasteiger partial charge in [-0.05, 0) is 0 Å². The van der Waals surface area contributed by atoms with Gasteiger partial charge in [-0.1, -0.05) is 0 Å². The van der Waals surface area contributed by atoms with E-state index < -0.39 is 42.3 Å². The highest BCUT2D eigenvalue weighted by atomic mass is 16.6. The van der Waals surface area contributed by atoms with Crippen LogP contribution >= 0.6 is 0 Å². The van der Waals surface area contributed by atoms with E-state index >= 15 is 0 Å². The average Bonchev–Trinajstić information content (AvgIpc) is 2.46. The fourth-order valence-corrected chi connectivity index (χ4v) is 1.25. The van der Waals surface area contributed by atoms with Gasteiger partial charge >= 0.3 is 5.69 Å². The summed E-state index contributed by atoms with van der Waals surface area (Å²) in [6, 6.07) is 0.737. The van der Waals surface area contributed by atoms with Crippen molar-refractivity contribution in [3.8, 4) is 0 Å². The second-order valence-corrected chi connectivity index (χ2v) is 3.08. The first kappa shape index (κ1) is 7.07. The molecule has 1 aromatic heterocycles. The molecule has 4 N–H and O–H groups in total. The van der Waals surface area contributed by atoms with Crippen LogP contribution in [0.2, 0.25) is 0 Å². The van der Waals surface area contributed by atoms with E-state index in [0.717, 1.165) is 6.07 Å². The van der Waals surface area contributed by atoms with Gasteiger partial charge in [0.25, 0.3) is 5.56 Å². The highest BCUT2D eigenvalue weighted by Crippen LogP contribution is 2.27. The van der Waals surface area contributed by atoms with Crippen molar-refractivity contribution in [1.29, 1.82) is 0 Å². The van der Waals surface area contributed by atoms with Crippen molar-refractivity contribution in [2.45, 2.75) is 24.4 Å². The Kier molecular flexibility index (Phi) is 1.83. The van der Waals surface area contributed by atoms with Crippen LogP contribution in [0.5, 0.6) is 0 Å². The lowest BCUT2D eigenvalue weighted by atomic mass is 10.1. The molecule has 0 saturated carbocycles. The second-order valence-electron chi connectivity index (χ2n) is 3.08. The van der Waals surface area contributed by atoms with Gasteiger partial charge in [0.15, 0.2) is 6.20 Å². The first-order valence-electron chi connectivity index (χ1n) is 6.97. The highest BCUT2D eigenvalue weighted by Gasteiger charge is 2.43. The zero-order chi connectivity index (χ0) is 17.1. The van der Waals surface area contributed by atoms with Crippen LogP contribution in [0.4, 0.5) is 0 Å². The molecule has 5 atom stereocenters. The summed E-state index contributed by atoms with van der Waals surface area (Å²) in [6.07, 6.45) is -13.3. The third-order valence-corrected chi connectivity index (χ3v) is 2.03. The van der Waals surface area contributed by atoms with E-state index in [1.165, 1.54) is 0 Å². The molecule has 1 aliphatic heterocycles. The zero-order valence-corrected chi connectivity index (χ0v) is 8.25. The van der Waals surface area contributed by atoms with Crippen molar-refractivity contribution in [2.75, 3.05) is 6.58 Å². The van der Waals surface area contributed by atoms with Crippen molar-refractivity contribution in [1.82, 2.24) is 9.55 Å². The van der Waals surface area contributed by atoms with E-state index in [1.54, 1.807) is 4.98 Å². The molecule has 8 nitrogen and oxygen atoms in total. The van der Waals surface area contributed by atoms with Gasteiger partial charge in [-0.2, -0.15) is 0 Å². The SMILES string of the molecule is [2H]C(O)[C@@]1([2H])O[C@@]([2H])(n2ccc(=O)[nH]c2=O)[C@]([2H])(O)[C@]1([2H])O. The van der Waals surface area contributed by atoms with E-state index in [-0.39, 0.29) is 4.57 Å². The van der Waals surface area contributed by atoms with Gasteiger partial charge in [-0.15, -0.1) is 0 Å². The maximum absolute atomic E-state index is 11.7. The Hall–Kier alpha value is -1.48. The Morgan fingerprint density at radius 2 is 2.24 bits per heavy atom. The van der Waals surface area contributed by atoms with Crippen LogP contribution < -0.4 is 11.2 Å². The van der Waals surface area contributed by atoms with E-state index in [4.69, 9.17) is 6.85 Å². The zero-order valence-electron chi connectivity index (χ0n) is 13.2. The van der Waals surface area contributed by atoms with Crippen LogP contribution in [0.3, 0.4) is 0 Å². The van der Waals surface area contributed by atoms with Gasteiger partial charge in [0.2, 0.25) is 0 Å². The number of nitrogens with zero attached hydrogens (tertiary/aromatic N) is 1. The molecule has 0 amide bonds. The van der Waals surface area contributed by atoms with E-state index in [2.05, 4.69) is 4.74 Å². The molecule has 1 fully saturated rings. The second kappa shape index (κ2) is 4.41. The van der Waals surface area contributed by atoms with Gasteiger partial charge in [-0.3, -0.25) is 14.3 Å². The predicted octanol–water partition coefficient (Wildman–Crippen LogP) is -2.85. The molecule has 0 spiro atoms. The van der Waals surface area contributed by atoms with Crippen LogP contribution in [0.25, 0.3) is 0 Å². The molecule has 1 unspecified atom stereocenters. The van der Waals surface area contributed by atoms with Crippen LogP contribution in [-0.2, 0) is 4.74 Å². The van der Waals surface area contributed by atoms with Crippen LogP contribution in [-0.4, -0.2) is 49.7 Å². The summed E-state index contributed by atoms with van der Waals surface area (Å²) in [6.45, 7) is -2.64. The molecule has 0 radical (unpaired) electrons. The summed E-state index contributed by atoms with van der Waals surface area (Å²) < 4.78 is 42.5. The third-order valence-electron chi connectivity index (χ3n) is 2.03. The van der Waals surface area contributed by atoms with Crippen molar-refractivity contribution in [3.63, 3.8) is 0 Å². The predicted molar refractivity (Wildman–Crippen MR) is 54.3 cm³/mol. The standard InChI is InChI=1S/C9H12N2O6/c12-3-4-6(14)7(15)8(17-4)11-2-1-5(13)10-9(11)16/h1-2,4,6-8,12,14-15H,3H2,(H,10,13,16)/t4-,6-,7-,8-/m1/s1/i3D,4D,6D,7D,8D/t3?,4-,6-,7-,8-. The quantitative estimate of drug-likeness (QED) is 0.447. The van der Waals surface area contributed by atoms with Gasteiger partial charge < -0.3 is 20.1 Å². The molecular formula is C9H12N2O6. The number of aromatic amines is 1. The largest absolute Gasteiger partial charge is 0.394 e. The van der Waals surface area contributed by atoms with Gasteiger partial charge in [0, 0.05) is 12.3 Å². The minimum absolute atomic E-state index is 0.152. The Morgan fingerprint density at radius 1 is 1.53 bits per heavy atom. The van der Waals surface area contributed by atoms with Crippen molar-refractivity contribution in [2.24, 2.45) is 0 Å². The van der Waals surface area contributed by atoms with Crippen molar-refractivity contribution >= 4 is 0 Å². The first-order valence-corrected chi connectivity index (χ1v) is 4.39. The Morgan fingerprint density at radius 3 is 2.76 bits per heavy atom. The summed E-state index contributed by atoms with van der Waals surface area (Å²) in [5.74, 6) is 0. The minimum Gasteiger partial charge on any atom is -0.394 e. The summed E-state index contributed by atoms with van der Waals surface area (Å²) in [7, 11) is 0. The summed E-state index contributed by atoms with van der Waals surface area (Å²) in [4.78, 5) is 24.4. The fourth-order valence-electron chi connectivity index (χ4n) is 1.25. The number of aliphatic hydroxyl groups excluding tert-OH is 1. The van der Waals surface area contributed by atoms with E-state index in [1.807, 2.05) is 0 Å². The molecular weight excluding hydrogens is 232 g/mol. The molecule has 2 heterocycles. The van der Waals surface area contributed by atoms with Crippen molar-refractivity contribution < 1.29 is 26.9 Å². The Labute approximate surface area is 102 Å². The molecule has 8 heteroatoms. The molecule has 1 aromatic rings. The number of hydrogen-bond donors (Lipinski definition) is 4. The maximum atomic E-state index is 11.7. The number of aliphatic hydroxyl groups is 3. The van der Waals surface area contributed by atoms with E-state index in [9.17, 15) is 24.9 Å². The smallest absolute Gasteiger partial charge is 0.330 e. The molecule has 17 heavy (non-hydrogen) atoms. The maximum Gasteiger partial charge on any atom is 0.330 e. The van der Waals surface area contributed by atoms with Gasteiger partial charge in [0.1, 0.15) is 18.2 Å². The Bertz CT molecular complexity index is 714. The number of H-pyrrole nitrogens is 1. The third kappa shape index (κ3) is 2.03. The first-order chi connectivity index (χ1) is 9.81. The number of ether oxygens (including phenoxy) is 1. The molecule has 1 saturated heterocycles. The number of nitrogens with one attached hydrogen (secondary N) is 1. The monoisotopic (exact) mass is 249 g/mol. The molecule has 94 valence electrons. The molecule has 2 rings (SSSR count). The van der Waals surface area contributed by atoms with Gasteiger partial charge in [-0.25, -0.2) is 4.79 Å². The number of hydrogen-bond acceptors (Lipinski definition) is 6. The molecule has 0 aliphatic carbocycles. The summed E-state index contributed by atoms with van der Waals surface area (Å²) in [5, 5.41) is 29.1. The van der Waals surface area contributed by atoms with Crippen LogP contribution in [0.15, 0.2) is 21.9 Å². The number of aromatic nitrogens is 2. The Balaban J connectivity index is 2.75. The van der Waals surface area contributed by atoms with Gasteiger partial charge in [0.05, 0.1) is 13.4 Å². The summed E-state index contributed by atoms with van der Waals surface area (Å²) in [5.41, 5.74) is -2.19. The fraction of sp³-hybridized carbons (Fsp3) is 0.556.